The van der Waals surface area contributed by atoms with Crippen molar-refractivity contribution in [3.63, 3.8) is 0 Å². The number of hydrogen-bond donors (Lipinski definition) is 1. The number of fused-ring (bicyclic) bond motifs is 1. The summed E-state index contributed by atoms with van der Waals surface area (Å²) in [6.07, 6.45) is 5.09. The number of rotatable bonds is 4. The third-order valence-electron chi connectivity index (χ3n) is 5.23. The van der Waals surface area contributed by atoms with Crippen molar-refractivity contribution in [3.05, 3.63) is 0 Å². The molecule has 3 rings (SSSR count). The summed E-state index contributed by atoms with van der Waals surface area (Å²) in [5, 5.41) is 9.58. The SMILES string of the molecule is O=C(COC1CCCC1)N1C[C@H]2COCC[C@@]2(C(=O)O)C1. The first-order valence-corrected chi connectivity index (χ1v) is 7.82. The van der Waals surface area contributed by atoms with Gasteiger partial charge < -0.3 is 19.5 Å². The van der Waals surface area contributed by atoms with E-state index >= 15 is 0 Å². The molecule has 3 aliphatic rings. The molecule has 1 aliphatic carbocycles. The van der Waals surface area contributed by atoms with Crippen molar-refractivity contribution < 1.29 is 24.2 Å². The van der Waals surface area contributed by atoms with Crippen molar-refractivity contribution in [1.29, 1.82) is 0 Å². The van der Waals surface area contributed by atoms with E-state index in [1.54, 1.807) is 4.90 Å². The highest BCUT2D eigenvalue weighted by molar-refractivity contribution is 5.82. The van der Waals surface area contributed by atoms with Gasteiger partial charge in [-0.2, -0.15) is 0 Å². The molecule has 118 valence electrons. The molecular weight excluding hydrogens is 274 g/mol. The van der Waals surface area contributed by atoms with Gasteiger partial charge in [0, 0.05) is 25.6 Å². The smallest absolute Gasteiger partial charge is 0.311 e. The lowest BCUT2D eigenvalue weighted by atomic mass is 9.74. The van der Waals surface area contributed by atoms with Crippen molar-refractivity contribution >= 4 is 11.9 Å². The number of amides is 1. The fraction of sp³-hybridized carbons (Fsp3) is 0.867. The molecule has 6 nitrogen and oxygen atoms in total. The van der Waals surface area contributed by atoms with E-state index in [-0.39, 0.29) is 24.5 Å². The van der Waals surface area contributed by atoms with Crippen LogP contribution in [0.1, 0.15) is 32.1 Å². The molecule has 6 heteroatoms. The summed E-state index contributed by atoms with van der Waals surface area (Å²) < 4.78 is 11.0. The number of ether oxygens (including phenoxy) is 2. The van der Waals surface area contributed by atoms with Gasteiger partial charge in [-0.15, -0.1) is 0 Å². The number of carbonyl (C=O) groups excluding carboxylic acids is 1. The van der Waals surface area contributed by atoms with E-state index in [0.717, 1.165) is 12.8 Å². The van der Waals surface area contributed by atoms with Gasteiger partial charge in [0.05, 0.1) is 18.1 Å². The number of carbonyl (C=O) groups is 2. The van der Waals surface area contributed by atoms with Gasteiger partial charge in [-0.3, -0.25) is 9.59 Å². The topological polar surface area (TPSA) is 76.1 Å². The van der Waals surface area contributed by atoms with Gasteiger partial charge >= 0.3 is 5.97 Å². The maximum absolute atomic E-state index is 12.3. The van der Waals surface area contributed by atoms with Crippen molar-refractivity contribution in [2.24, 2.45) is 11.3 Å². The quantitative estimate of drug-likeness (QED) is 0.834. The molecule has 1 amide bonds. The molecule has 0 radical (unpaired) electrons. The Bertz CT molecular complexity index is 420. The predicted molar refractivity (Wildman–Crippen MR) is 73.8 cm³/mol. The lowest BCUT2D eigenvalue weighted by molar-refractivity contribution is -0.157. The van der Waals surface area contributed by atoms with Gasteiger partial charge in [0.2, 0.25) is 5.91 Å². The van der Waals surface area contributed by atoms with Crippen LogP contribution >= 0.6 is 0 Å². The van der Waals surface area contributed by atoms with Gasteiger partial charge in [-0.05, 0) is 19.3 Å². The monoisotopic (exact) mass is 297 g/mol. The number of carboxylic acids is 1. The summed E-state index contributed by atoms with van der Waals surface area (Å²) in [4.78, 5) is 25.6. The fourth-order valence-corrected chi connectivity index (χ4v) is 3.82. The lowest BCUT2D eigenvalue weighted by Crippen LogP contribution is -2.45. The lowest BCUT2D eigenvalue weighted by Gasteiger charge is -2.33. The van der Waals surface area contributed by atoms with Crippen molar-refractivity contribution in [1.82, 2.24) is 4.90 Å². The Balaban J connectivity index is 1.59. The van der Waals surface area contributed by atoms with Gasteiger partial charge in [0.1, 0.15) is 6.61 Å². The molecule has 0 aromatic carbocycles. The zero-order valence-corrected chi connectivity index (χ0v) is 12.3. The molecular formula is C15H23NO5. The molecule has 0 aromatic heterocycles. The highest BCUT2D eigenvalue weighted by Crippen LogP contribution is 2.42. The fourth-order valence-electron chi connectivity index (χ4n) is 3.82. The van der Waals surface area contributed by atoms with Crippen molar-refractivity contribution in [2.45, 2.75) is 38.2 Å². The highest BCUT2D eigenvalue weighted by atomic mass is 16.5. The number of likely N-dealkylation sites (tertiary alicyclic amines) is 1. The molecule has 3 fully saturated rings. The van der Waals surface area contributed by atoms with Crippen molar-refractivity contribution in [2.75, 3.05) is 32.9 Å². The van der Waals surface area contributed by atoms with Gasteiger partial charge in [-0.25, -0.2) is 0 Å². The molecule has 1 N–H and O–H groups in total. The highest BCUT2D eigenvalue weighted by Gasteiger charge is 2.54. The molecule has 2 saturated heterocycles. The summed E-state index contributed by atoms with van der Waals surface area (Å²) in [5.41, 5.74) is -0.818. The molecule has 2 aliphatic heterocycles. The van der Waals surface area contributed by atoms with Crippen LogP contribution in [0.4, 0.5) is 0 Å². The molecule has 0 unspecified atom stereocenters. The zero-order chi connectivity index (χ0) is 14.9. The van der Waals surface area contributed by atoms with E-state index in [1.807, 2.05) is 0 Å². The first kappa shape index (κ1) is 14.8. The van der Waals surface area contributed by atoms with Gasteiger partial charge in [0.25, 0.3) is 0 Å². The third kappa shape index (κ3) is 2.79. The minimum absolute atomic E-state index is 0.0773. The van der Waals surface area contributed by atoms with Gasteiger partial charge in [-0.1, -0.05) is 12.8 Å². The summed E-state index contributed by atoms with van der Waals surface area (Å²) in [6, 6.07) is 0. The second kappa shape index (κ2) is 5.93. The third-order valence-corrected chi connectivity index (χ3v) is 5.23. The number of hydrogen-bond acceptors (Lipinski definition) is 4. The number of aliphatic carboxylic acids is 1. The Morgan fingerprint density at radius 3 is 2.76 bits per heavy atom. The van der Waals surface area contributed by atoms with E-state index in [0.29, 0.717) is 32.7 Å². The Hall–Kier alpha value is -1.14. The Morgan fingerprint density at radius 2 is 2.10 bits per heavy atom. The van der Waals surface area contributed by atoms with Crippen LogP contribution in [-0.2, 0) is 19.1 Å². The number of carboxylic acid groups (broad SMARTS) is 1. The van der Waals surface area contributed by atoms with E-state index in [9.17, 15) is 14.7 Å². The van der Waals surface area contributed by atoms with Gasteiger partial charge in [0.15, 0.2) is 0 Å². The Morgan fingerprint density at radius 1 is 1.33 bits per heavy atom. The molecule has 0 spiro atoms. The van der Waals surface area contributed by atoms with Crippen LogP contribution in [0, 0.1) is 11.3 Å². The van der Waals surface area contributed by atoms with Crippen molar-refractivity contribution in [3.8, 4) is 0 Å². The summed E-state index contributed by atoms with van der Waals surface area (Å²) in [7, 11) is 0. The molecule has 21 heavy (non-hydrogen) atoms. The van der Waals surface area contributed by atoms with Crippen LogP contribution in [0.2, 0.25) is 0 Å². The van der Waals surface area contributed by atoms with E-state index in [4.69, 9.17) is 9.47 Å². The molecule has 1 saturated carbocycles. The molecule has 0 aromatic rings. The largest absolute Gasteiger partial charge is 0.481 e. The second-order valence-corrected chi connectivity index (χ2v) is 6.47. The summed E-state index contributed by atoms with van der Waals surface area (Å²) in [6.45, 7) is 1.74. The average molecular weight is 297 g/mol. The van der Waals surface area contributed by atoms with Crippen LogP contribution in [0.5, 0.6) is 0 Å². The summed E-state index contributed by atoms with van der Waals surface area (Å²) in [5.74, 6) is -0.987. The predicted octanol–water partition coefficient (Wildman–Crippen LogP) is 0.895. The molecule has 0 bridgehead atoms. The molecule has 2 heterocycles. The normalized spacial score (nSPS) is 33.1. The van der Waals surface area contributed by atoms with E-state index < -0.39 is 11.4 Å². The van der Waals surface area contributed by atoms with Crippen LogP contribution < -0.4 is 0 Å². The van der Waals surface area contributed by atoms with E-state index in [2.05, 4.69) is 0 Å². The Kier molecular flexibility index (Phi) is 4.17. The van der Waals surface area contributed by atoms with Crippen LogP contribution in [0.3, 0.4) is 0 Å². The van der Waals surface area contributed by atoms with Crippen LogP contribution in [0.15, 0.2) is 0 Å². The first-order chi connectivity index (χ1) is 10.1. The van der Waals surface area contributed by atoms with Crippen LogP contribution in [-0.4, -0.2) is 60.9 Å². The maximum Gasteiger partial charge on any atom is 0.311 e. The minimum Gasteiger partial charge on any atom is -0.481 e. The van der Waals surface area contributed by atoms with E-state index in [1.165, 1.54) is 12.8 Å². The van der Waals surface area contributed by atoms with Crippen LogP contribution in [0.25, 0.3) is 0 Å². The minimum atomic E-state index is -0.818. The maximum atomic E-state index is 12.3. The molecule has 2 atom stereocenters. The average Bonchev–Trinajstić information content (AvgIpc) is 3.12. The Labute approximate surface area is 124 Å². The first-order valence-electron chi connectivity index (χ1n) is 7.82. The standard InChI is InChI=1S/C15H23NO5/c17-13(9-21-12-3-1-2-4-12)16-7-11-8-20-6-5-15(11,10-16)14(18)19/h11-12H,1-10H2,(H,18,19)/t11-,15+/m0/s1. The zero-order valence-electron chi connectivity index (χ0n) is 12.3. The number of nitrogens with zero attached hydrogens (tertiary/aromatic N) is 1. The summed E-state index contributed by atoms with van der Waals surface area (Å²) >= 11 is 0. The second-order valence-electron chi connectivity index (χ2n) is 6.47.